The number of aromatic nitrogens is 1. The number of aryl methyl sites for hydroxylation is 1. The lowest BCUT2D eigenvalue weighted by Crippen LogP contribution is -2.25. The highest BCUT2D eigenvalue weighted by Crippen LogP contribution is 2.38. The summed E-state index contributed by atoms with van der Waals surface area (Å²) in [6.45, 7) is 1.98. The SMILES string of the molecule is COc1cc(/C=N/N(C(=O)c2cccc(F)c2)c2nc3ccc(C)cc3s2)cc(OC)c1OC. The van der Waals surface area contributed by atoms with Gasteiger partial charge in [-0.2, -0.15) is 10.1 Å². The van der Waals surface area contributed by atoms with Crippen LogP contribution in [0.15, 0.2) is 59.7 Å². The van der Waals surface area contributed by atoms with E-state index in [1.807, 2.05) is 25.1 Å². The Morgan fingerprint density at radius 1 is 1.03 bits per heavy atom. The maximum atomic E-state index is 13.8. The van der Waals surface area contributed by atoms with Gasteiger partial charge in [-0.05, 0) is 55.0 Å². The molecule has 4 aromatic rings. The number of carbonyl (C=O) groups is 1. The summed E-state index contributed by atoms with van der Waals surface area (Å²) in [6, 6.07) is 14.7. The van der Waals surface area contributed by atoms with Gasteiger partial charge in [0.15, 0.2) is 11.5 Å². The van der Waals surface area contributed by atoms with E-state index in [2.05, 4.69) is 10.1 Å². The van der Waals surface area contributed by atoms with Crippen LogP contribution in [0.3, 0.4) is 0 Å². The molecule has 1 heterocycles. The van der Waals surface area contributed by atoms with Crippen LogP contribution in [-0.4, -0.2) is 38.4 Å². The summed E-state index contributed by atoms with van der Waals surface area (Å²) >= 11 is 1.32. The van der Waals surface area contributed by atoms with E-state index in [1.54, 1.807) is 12.1 Å². The minimum absolute atomic E-state index is 0.150. The van der Waals surface area contributed by atoms with E-state index in [-0.39, 0.29) is 5.56 Å². The van der Waals surface area contributed by atoms with Crippen molar-refractivity contribution in [1.82, 2.24) is 4.98 Å². The maximum absolute atomic E-state index is 13.8. The van der Waals surface area contributed by atoms with E-state index < -0.39 is 11.7 Å². The smallest absolute Gasteiger partial charge is 0.280 e. The molecule has 9 heteroatoms. The lowest BCUT2D eigenvalue weighted by molar-refractivity contribution is 0.0987. The number of hydrogen-bond acceptors (Lipinski definition) is 7. The number of anilines is 1. The second-order valence-electron chi connectivity index (χ2n) is 7.30. The lowest BCUT2D eigenvalue weighted by atomic mass is 10.2. The van der Waals surface area contributed by atoms with Crippen molar-refractivity contribution in [1.29, 1.82) is 0 Å². The van der Waals surface area contributed by atoms with Crippen molar-refractivity contribution in [2.75, 3.05) is 26.3 Å². The van der Waals surface area contributed by atoms with Crippen molar-refractivity contribution in [3.05, 3.63) is 77.1 Å². The molecule has 3 aromatic carbocycles. The van der Waals surface area contributed by atoms with E-state index in [0.717, 1.165) is 20.8 Å². The molecule has 0 aliphatic carbocycles. The molecule has 0 unspecified atom stereocenters. The quantitative estimate of drug-likeness (QED) is 0.260. The Bertz CT molecular complexity index is 1360. The molecule has 7 nitrogen and oxygen atoms in total. The third-order valence-corrected chi connectivity index (χ3v) is 5.98. The molecule has 0 aliphatic heterocycles. The maximum Gasteiger partial charge on any atom is 0.280 e. The summed E-state index contributed by atoms with van der Waals surface area (Å²) in [4.78, 5) is 17.9. The number of nitrogens with zero attached hydrogens (tertiary/aromatic N) is 3. The van der Waals surface area contributed by atoms with Crippen LogP contribution in [0.25, 0.3) is 10.2 Å². The van der Waals surface area contributed by atoms with E-state index in [1.165, 1.54) is 63.1 Å². The molecule has 0 saturated carbocycles. The van der Waals surface area contributed by atoms with Gasteiger partial charge in [-0.25, -0.2) is 9.37 Å². The Morgan fingerprint density at radius 3 is 2.41 bits per heavy atom. The molecule has 4 rings (SSSR count). The summed E-state index contributed by atoms with van der Waals surface area (Å²) in [5, 5.41) is 5.95. The van der Waals surface area contributed by atoms with Crippen molar-refractivity contribution < 1.29 is 23.4 Å². The number of methoxy groups -OCH3 is 3. The van der Waals surface area contributed by atoms with Gasteiger partial charge in [0, 0.05) is 11.1 Å². The van der Waals surface area contributed by atoms with Gasteiger partial charge in [0.25, 0.3) is 5.91 Å². The van der Waals surface area contributed by atoms with Gasteiger partial charge >= 0.3 is 0 Å². The summed E-state index contributed by atoms with van der Waals surface area (Å²) in [7, 11) is 4.55. The number of amides is 1. The Hall–Kier alpha value is -3.98. The minimum atomic E-state index is -0.515. The zero-order chi connectivity index (χ0) is 24.2. The van der Waals surface area contributed by atoms with Gasteiger partial charge < -0.3 is 14.2 Å². The first kappa shape index (κ1) is 23.2. The molecule has 0 spiro atoms. The number of benzene rings is 3. The highest BCUT2D eigenvalue weighted by atomic mass is 32.1. The summed E-state index contributed by atoms with van der Waals surface area (Å²) in [5.41, 5.74) is 2.57. The summed E-state index contributed by atoms with van der Waals surface area (Å²) in [5.74, 6) is 0.304. The Kier molecular flexibility index (Phi) is 6.74. The second-order valence-corrected chi connectivity index (χ2v) is 8.31. The monoisotopic (exact) mass is 479 g/mol. The first-order valence-corrected chi connectivity index (χ1v) is 11.1. The van der Waals surface area contributed by atoms with Crippen molar-refractivity contribution in [2.45, 2.75) is 6.92 Å². The number of hydrogen-bond donors (Lipinski definition) is 0. The summed E-state index contributed by atoms with van der Waals surface area (Å²) in [6.07, 6.45) is 1.49. The fourth-order valence-corrected chi connectivity index (χ4v) is 4.36. The number of rotatable bonds is 7. The van der Waals surface area contributed by atoms with E-state index in [4.69, 9.17) is 14.2 Å². The topological polar surface area (TPSA) is 73.2 Å². The standard InChI is InChI=1S/C25H22FN3O4S/c1-15-8-9-19-22(10-15)34-25(28-19)29(24(30)17-6-5-7-18(26)13-17)27-14-16-11-20(31-2)23(33-4)21(12-16)32-3/h5-14H,1-4H3/b27-14+. The number of hydrazone groups is 1. The number of fused-ring (bicyclic) bond motifs is 1. The van der Waals surface area contributed by atoms with Crippen molar-refractivity contribution in [3.8, 4) is 17.2 Å². The molecule has 0 radical (unpaired) electrons. The lowest BCUT2D eigenvalue weighted by Gasteiger charge is -2.15. The third-order valence-electron chi connectivity index (χ3n) is 4.99. The van der Waals surface area contributed by atoms with Crippen molar-refractivity contribution in [2.24, 2.45) is 5.10 Å². The predicted octanol–water partition coefficient (Wildman–Crippen LogP) is 5.45. The van der Waals surface area contributed by atoms with Crippen LogP contribution in [0.5, 0.6) is 17.2 Å². The zero-order valence-electron chi connectivity index (χ0n) is 19.0. The largest absolute Gasteiger partial charge is 0.493 e. The van der Waals surface area contributed by atoms with Crippen molar-refractivity contribution in [3.63, 3.8) is 0 Å². The molecule has 0 bridgehead atoms. The van der Waals surface area contributed by atoms with E-state index in [0.29, 0.717) is 27.9 Å². The van der Waals surface area contributed by atoms with Gasteiger partial charge in [0.05, 0.1) is 37.8 Å². The van der Waals surface area contributed by atoms with Gasteiger partial charge in [0.1, 0.15) is 5.82 Å². The van der Waals surface area contributed by atoms with Crippen LogP contribution >= 0.6 is 11.3 Å². The van der Waals surface area contributed by atoms with Crippen molar-refractivity contribution >= 4 is 38.8 Å². The van der Waals surface area contributed by atoms with Crippen LogP contribution in [0.4, 0.5) is 9.52 Å². The Balaban J connectivity index is 1.79. The van der Waals surface area contributed by atoms with Gasteiger partial charge in [-0.15, -0.1) is 0 Å². The minimum Gasteiger partial charge on any atom is -0.493 e. The molecule has 1 amide bonds. The second kappa shape index (κ2) is 9.88. The number of halogens is 1. The van der Waals surface area contributed by atoms with Gasteiger partial charge in [-0.3, -0.25) is 4.79 Å². The van der Waals surface area contributed by atoms with E-state index in [9.17, 15) is 9.18 Å². The highest BCUT2D eigenvalue weighted by molar-refractivity contribution is 7.22. The molecule has 34 heavy (non-hydrogen) atoms. The first-order chi connectivity index (χ1) is 16.4. The highest BCUT2D eigenvalue weighted by Gasteiger charge is 2.22. The predicted molar refractivity (Wildman–Crippen MR) is 131 cm³/mol. The number of carbonyl (C=O) groups excluding carboxylic acids is 1. The molecule has 1 aromatic heterocycles. The van der Waals surface area contributed by atoms with Crippen LogP contribution in [0.2, 0.25) is 0 Å². The molecule has 0 fully saturated rings. The molecular formula is C25H22FN3O4S. The average molecular weight is 480 g/mol. The zero-order valence-corrected chi connectivity index (χ0v) is 19.9. The molecule has 174 valence electrons. The van der Waals surface area contributed by atoms with Gasteiger partial charge in [0.2, 0.25) is 10.9 Å². The third kappa shape index (κ3) is 4.69. The summed E-state index contributed by atoms with van der Waals surface area (Å²) < 4.78 is 30.9. The normalized spacial score (nSPS) is 11.1. The average Bonchev–Trinajstić information content (AvgIpc) is 3.26. The van der Waals surface area contributed by atoms with Crippen LogP contribution < -0.4 is 19.2 Å². The first-order valence-electron chi connectivity index (χ1n) is 10.2. The molecular weight excluding hydrogens is 457 g/mol. The van der Waals surface area contributed by atoms with Crippen LogP contribution in [-0.2, 0) is 0 Å². The fraction of sp³-hybridized carbons (Fsp3) is 0.160. The number of thiazole rings is 1. The molecule has 0 N–H and O–H groups in total. The number of ether oxygens (including phenoxy) is 3. The Morgan fingerprint density at radius 2 is 1.76 bits per heavy atom. The van der Waals surface area contributed by atoms with Crippen LogP contribution in [0.1, 0.15) is 21.5 Å². The Labute approximate surface area is 200 Å². The molecule has 0 aliphatic rings. The fourth-order valence-electron chi connectivity index (χ4n) is 3.34. The van der Waals surface area contributed by atoms with Gasteiger partial charge in [-0.1, -0.05) is 23.5 Å². The van der Waals surface area contributed by atoms with Crippen LogP contribution in [0, 0.1) is 12.7 Å². The molecule has 0 saturated heterocycles. The molecule has 0 atom stereocenters. The van der Waals surface area contributed by atoms with E-state index >= 15 is 0 Å².